The van der Waals surface area contributed by atoms with Crippen LogP contribution >= 0.6 is 11.3 Å². The molecule has 0 aromatic carbocycles. The summed E-state index contributed by atoms with van der Waals surface area (Å²) in [5.41, 5.74) is 0. The van der Waals surface area contributed by atoms with Crippen molar-refractivity contribution in [2.45, 2.75) is 51.1 Å². The van der Waals surface area contributed by atoms with Gasteiger partial charge in [0.25, 0.3) is 0 Å². The Morgan fingerprint density at radius 3 is 3.22 bits per heavy atom. The van der Waals surface area contributed by atoms with E-state index in [9.17, 15) is 4.79 Å². The van der Waals surface area contributed by atoms with E-state index in [1.165, 1.54) is 17.7 Å². The Morgan fingerprint density at radius 1 is 1.67 bits per heavy atom. The van der Waals surface area contributed by atoms with E-state index in [4.69, 9.17) is 0 Å². The smallest absolute Gasteiger partial charge is 0.220 e. The fourth-order valence-electron chi connectivity index (χ4n) is 2.44. The van der Waals surface area contributed by atoms with Gasteiger partial charge in [-0.1, -0.05) is 6.07 Å². The molecule has 2 unspecified atom stereocenters. The highest BCUT2D eigenvalue weighted by Gasteiger charge is 2.16. The first kappa shape index (κ1) is 13.6. The molecule has 1 aromatic heterocycles. The molecule has 1 amide bonds. The van der Waals surface area contributed by atoms with Crippen molar-refractivity contribution in [1.82, 2.24) is 10.6 Å². The lowest BCUT2D eigenvalue weighted by atomic mass is 10.1. The molecule has 1 saturated heterocycles. The first-order valence-corrected chi connectivity index (χ1v) is 7.67. The number of carbonyl (C=O) groups is 1. The van der Waals surface area contributed by atoms with E-state index in [-0.39, 0.29) is 11.9 Å². The Balaban J connectivity index is 1.63. The van der Waals surface area contributed by atoms with Gasteiger partial charge in [0.15, 0.2) is 0 Å². The van der Waals surface area contributed by atoms with Crippen LogP contribution in [0, 0.1) is 0 Å². The molecule has 0 bridgehead atoms. The summed E-state index contributed by atoms with van der Waals surface area (Å²) in [6, 6.07) is 4.96. The van der Waals surface area contributed by atoms with Gasteiger partial charge in [-0.2, -0.15) is 0 Å². The van der Waals surface area contributed by atoms with E-state index in [2.05, 4.69) is 35.1 Å². The van der Waals surface area contributed by atoms with Crippen LogP contribution in [-0.4, -0.2) is 24.5 Å². The summed E-state index contributed by atoms with van der Waals surface area (Å²) < 4.78 is 0. The number of hydrogen-bond donors (Lipinski definition) is 2. The summed E-state index contributed by atoms with van der Waals surface area (Å²) in [5, 5.41) is 8.58. The molecule has 0 saturated carbocycles. The Labute approximate surface area is 113 Å². The van der Waals surface area contributed by atoms with E-state index in [1.54, 1.807) is 11.3 Å². The topological polar surface area (TPSA) is 41.1 Å². The van der Waals surface area contributed by atoms with E-state index in [0.29, 0.717) is 12.5 Å². The minimum atomic E-state index is 0.188. The van der Waals surface area contributed by atoms with Gasteiger partial charge in [-0.15, -0.1) is 11.3 Å². The molecule has 1 aromatic rings. The van der Waals surface area contributed by atoms with Crippen LogP contribution in [0.4, 0.5) is 0 Å². The number of amides is 1. The average molecular weight is 266 g/mol. The molecule has 3 nitrogen and oxygen atoms in total. The maximum atomic E-state index is 11.8. The molecule has 100 valence electrons. The molecule has 0 spiro atoms. The minimum absolute atomic E-state index is 0.188. The third-order valence-corrected chi connectivity index (χ3v) is 4.28. The van der Waals surface area contributed by atoms with Gasteiger partial charge in [0.1, 0.15) is 0 Å². The Bertz CT molecular complexity index is 358. The van der Waals surface area contributed by atoms with Gasteiger partial charge in [-0.3, -0.25) is 4.79 Å². The summed E-state index contributed by atoms with van der Waals surface area (Å²) >= 11 is 1.75. The van der Waals surface area contributed by atoms with Crippen molar-refractivity contribution in [3.05, 3.63) is 22.4 Å². The second-order valence-corrected chi connectivity index (χ2v) is 6.12. The molecule has 0 aliphatic carbocycles. The zero-order valence-electron chi connectivity index (χ0n) is 10.9. The molecule has 18 heavy (non-hydrogen) atoms. The van der Waals surface area contributed by atoms with Gasteiger partial charge in [-0.25, -0.2) is 0 Å². The molecule has 2 rings (SSSR count). The van der Waals surface area contributed by atoms with Crippen molar-refractivity contribution in [1.29, 1.82) is 0 Å². The third kappa shape index (κ3) is 4.42. The first-order valence-electron chi connectivity index (χ1n) is 6.79. The highest BCUT2D eigenvalue weighted by molar-refractivity contribution is 7.09. The highest BCUT2D eigenvalue weighted by atomic mass is 32.1. The quantitative estimate of drug-likeness (QED) is 0.829. The van der Waals surface area contributed by atoms with Gasteiger partial charge >= 0.3 is 0 Å². The maximum absolute atomic E-state index is 11.8. The molecule has 1 fully saturated rings. The summed E-state index contributed by atoms with van der Waals surface area (Å²) in [7, 11) is 0. The van der Waals surface area contributed by atoms with Crippen molar-refractivity contribution >= 4 is 17.2 Å². The lowest BCUT2D eigenvalue weighted by Crippen LogP contribution is -2.34. The molecule has 2 N–H and O–H groups in total. The number of nitrogens with one attached hydrogen (secondary N) is 2. The number of rotatable bonds is 6. The standard InChI is InChI=1S/C14H22N2OS/c1-11(10-13-5-3-9-18-13)16-14(17)7-6-12-4-2-8-15-12/h3,5,9,11-12,15H,2,4,6-8,10H2,1H3,(H,16,17). The molecule has 1 aliphatic rings. The Hall–Kier alpha value is -0.870. The fraction of sp³-hybridized carbons (Fsp3) is 0.643. The van der Waals surface area contributed by atoms with E-state index >= 15 is 0 Å². The highest BCUT2D eigenvalue weighted by Crippen LogP contribution is 2.12. The molecule has 1 aliphatic heterocycles. The lowest BCUT2D eigenvalue weighted by molar-refractivity contribution is -0.121. The van der Waals surface area contributed by atoms with Crippen LogP contribution in [0.15, 0.2) is 17.5 Å². The molecule has 2 atom stereocenters. The van der Waals surface area contributed by atoms with Gasteiger partial charge in [0.2, 0.25) is 5.91 Å². The summed E-state index contributed by atoms with van der Waals surface area (Å²) in [6.07, 6.45) is 5.02. The van der Waals surface area contributed by atoms with Gasteiger partial charge < -0.3 is 10.6 Å². The van der Waals surface area contributed by atoms with Gasteiger partial charge in [0.05, 0.1) is 0 Å². The van der Waals surface area contributed by atoms with E-state index in [0.717, 1.165) is 19.4 Å². The molecule has 4 heteroatoms. The van der Waals surface area contributed by atoms with Crippen molar-refractivity contribution in [3.8, 4) is 0 Å². The summed E-state index contributed by atoms with van der Waals surface area (Å²) in [6.45, 7) is 3.19. The predicted molar refractivity (Wildman–Crippen MR) is 75.9 cm³/mol. The summed E-state index contributed by atoms with van der Waals surface area (Å²) in [4.78, 5) is 13.1. The lowest BCUT2D eigenvalue weighted by Gasteiger charge is -2.14. The van der Waals surface area contributed by atoms with Crippen LogP contribution in [-0.2, 0) is 11.2 Å². The number of carbonyl (C=O) groups excluding carboxylic acids is 1. The Morgan fingerprint density at radius 2 is 2.56 bits per heavy atom. The van der Waals surface area contributed by atoms with Crippen molar-refractivity contribution in [3.63, 3.8) is 0 Å². The normalized spacial score (nSPS) is 20.8. The van der Waals surface area contributed by atoms with Crippen molar-refractivity contribution in [2.75, 3.05) is 6.54 Å². The first-order chi connectivity index (χ1) is 8.74. The predicted octanol–water partition coefficient (Wildman–Crippen LogP) is 2.33. The van der Waals surface area contributed by atoms with Gasteiger partial charge in [0, 0.05) is 29.8 Å². The van der Waals surface area contributed by atoms with Crippen molar-refractivity contribution in [2.24, 2.45) is 0 Å². The van der Waals surface area contributed by atoms with Crippen molar-refractivity contribution < 1.29 is 4.79 Å². The SMILES string of the molecule is CC(Cc1cccs1)NC(=O)CCC1CCCN1. The second kappa shape index (κ2) is 6.90. The molecule has 2 heterocycles. The van der Waals surface area contributed by atoms with E-state index < -0.39 is 0 Å². The van der Waals surface area contributed by atoms with E-state index in [1.807, 2.05) is 0 Å². The summed E-state index contributed by atoms with van der Waals surface area (Å²) in [5.74, 6) is 0.188. The zero-order chi connectivity index (χ0) is 12.8. The van der Waals surface area contributed by atoms with Crippen LogP contribution in [0.2, 0.25) is 0 Å². The van der Waals surface area contributed by atoms with Crippen LogP contribution in [0.5, 0.6) is 0 Å². The molecular formula is C14H22N2OS. The monoisotopic (exact) mass is 266 g/mol. The van der Waals surface area contributed by atoms with Crippen LogP contribution in [0.25, 0.3) is 0 Å². The van der Waals surface area contributed by atoms with Crippen LogP contribution in [0.3, 0.4) is 0 Å². The Kier molecular flexibility index (Phi) is 5.20. The third-order valence-electron chi connectivity index (χ3n) is 3.38. The van der Waals surface area contributed by atoms with Gasteiger partial charge in [-0.05, 0) is 44.2 Å². The number of thiophene rings is 1. The average Bonchev–Trinajstić information content (AvgIpc) is 2.98. The zero-order valence-corrected chi connectivity index (χ0v) is 11.8. The maximum Gasteiger partial charge on any atom is 0.220 e. The molecular weight excluding hydrogens is 244 g/mol. The second-order valence-electron chi connectivity index (χ2n) is 5.08. The van der Waals surface area contributed by atoms with Crippen LogP contribution < -0.4 is 10.6 Å². The number of hydrogen-bond acceptors (Lipinski definition) is 3. The minimum Gasteiger partial charge on any atom is -0.353 e. The fourth-order valence-corrected chi connectivity index (χ4v) is 3.27. The largest absolute Gasteiger partial charge is 0.353 e. The van der Waals surface area contributed by atoms with Crippen LogP contribution in [0.1, 0.15) is 37.5 Å². The molecule has 0 radical (unpaired) electrons.